The molecular formula is C22H37IN4O3. The Bertz CT molecular complexity index is 666. The van der Waals surface area contributed by atoms with Crippen LogP contribution in [0.4, 0.5) is 0 Å². The van der Waals surface area contributed by atoms with Crippen LogP contribution in [0.1, 0.15) is 54.9 Å². The fourth-order valence-electron chi connectivity index (χ4n) is 2.85. The van der Waals surface area contributed by atoms with Crippen molar-refractivity contribution < 1.29 is 14.3 Å². The van der Waals surface area contributed by atoms with Gasteiger partial charge in [0.1, 0.15) is 0 Å². The number of aliphatic imine (C=N–C) groups is 1. The summed E-state index contributed by atoms with van der Waals surface area (Å²) in [5.74, 6) is 0.684. The number of hydrogen-bond donors (Lipinski definition) is 2. The van der Waals surface area contributed by atoms with Crippen LogP contribution in [0.5, 0.6) is 0 Å². The van der Waals surface area contributed by atoms with Crippen molar-refractivity contribution in [3.63, 3.8) is 0 Å². The molecule has 0 saturated carbocycles. The molecule has 0 aliphatic heterocycles. The number of guanidine groups is 1. The van der Waals surface area contributed by atoms with Gasteiger partial charge in [0.15, 0.2) is 5.96 Å². The van der Waals surface area contributed by atoms with E-state index in [0.717, 1.165) is 56.7 Å². The maximum Gasteiger partial charge on any atom is 0.305 e. The molecule has 0 aliphatic rings. The topological polar surface area (TPSA) is 83.0 Å². The third-order valence-corrected chi connectivity index (χ3v) is 4.42. The predicted molar refractivity (Wildman–Crippen MR) is 133 cm³/mol. The van der Waals surface area contributed by atoms with E-state index in [4.69, 9.17) is 4.74 Å². The lowest BCUT2D eigenvalue weighted by atomic mass is 10.1. The second kappa shape index (κ2) is 16.9. The number of hydrogen-bond acceptors (Lipinski definition) is 4. The molecule has 1 amide bonds. The first kappa shape index (κ1) is 28.2. The molecule has 1 aromatic rings. The molecule has 0 spiro atoms. The van der Waals surface area contributed by atoms with E-state index in [2.05, 4.69) is 15.6 Å². The van der Waals surface area contributed by atoms with Crippen LogP contribution in [0, 0.1) is 0 Å². The summed E-state index contributed by atoms with van der Waals surface area (Å²) in [7, 11) is 5.27. The molecule has 0 fully saturated rings. The number of rotatable bonds is 12. The Morgan fingerprint density at radius 1 is 1.07 bits per heavy atom. The highest BCUT2D eigenvalue weighted by Crippen LogP contribution is 2.08. The van der Waals surface area contributed by atoms with Gasteiger partial charge in [0, 0.05) is 46.2 Å². The van der Waals surface area contributed by atoms with E-state index in [1.165, 1.54) is 0 Å². The Balaban J connectivity index is 0.00000841. The summed E-state index contributed by atoms with van der Waals surface area (Å²) < 4.78 is 4.92. The molecule has 2 N–H and O–H groups in total. The van der Waals surface area contributed by atoms with Gasteiger partial charge in [-0.3, -0.25) is 14.6 Å². The average molecular weight is 532 g/mol. The molecule has 0 atom stereocenters. The maximum absolute atomic E-state index is 12.1. The molecule has 0 radical (unpaired) electrons. The molecule has 1 aromatic carbocycles. The molecule has 0 aromatic heterocycles. The number of esters is 1. The van der Waals surface area contributed by atoms with Gasteiger partial charge >= 0.3 is 5.97 Å². The van der Waals surface area contributed by atoms with Crippen LogP contribution in [0.25, 0.3) is 0 Å². The van der Waals surface area contributed by atoms with Crippen molar-refractivity contribution in [1.29, 1.82) is 0 Å². The number of benzene rings is 1. The third kappa shape index (κ3) is 12.0. The van der Waals surface area contributed by atoms with Crippen molar-refractivity contribution in [2.75, 3.05) is 40.8 Å². The summed E-state index contributed by atoms with van der Waals surface area (Å²) in [6.45, 7) is 3.85. The summed E-state index contributed by atoms with van der Waals surface area (Å²) in [6, 6.07) is 7.73. The second-order valence-corrected chi connectivity index (χ2v) is 7.04. The first-order valence-corrected chi connectivity index (χ1v) is 10.4. The summed E-state index contributed by atoms with van der Waals surface area (Å²) in [6.07, 6.45) is 5.30. The Kier molecular flexibility index (Phi) is 15.9. The van der Waals surface area contributed by atoms with Crippen LogP contribution in [0.15, 0.2) is 29.3 Å². The minimum atomic E-state index is -0.105. The lowest BCUT2D eigenvalue weighted by Crippen LogP contribution is -2.38. The monoisotopic (exact) mass is 532 g/mol. The van der Waals surface area contributed by atoms with Gasteiger partial charge in [-0.25, -0.2) is 0 Å². The predicted octanol–water partition coefficient (Wildman–Crippen LogP) is 3.23. The molecule has 170 valence electrons. The lowest BCUT2D eigenvalue weighted by Gasteiger charge is -2.13. The van der Waals surface area contributed by atoms with Crippen LogP contribution in [0.3, 0.4) is 0 Å². The Morgan fingerprint density at radius 3 is 2.43 bits per heavy atom. The van der Waals surface area contributed by atoms with Crippen molar-refractivity contribution in [2.45, 2.75) is 45.4 Å². The van der Waals surface area contributed by atoms with E-state index in [1.807, 2.05) is 31.2 Å². The molecule has 7 nitrogen and oxygen atoms in total. The van der Waals surface area contributed by atoms with Crippen molar-refractivity contribution in [1.82, 2.24) is 15.5 Å². The number of nitrogens with zero attached hydrogens (tertiary/aromatic N) is 2. The minimum Gasteiger partial charge on any atom is -0.466 e. The van der Waals surface area contributed by atoms with Gasteiger partial charge in [-0.05, 0) is 43.9 Å². The highest BCUT2D eigenvalue weighted by molar-refractivity contribution is 14.0. The van der Waals surface area contributed by atoms with Crippen LogP contribution in [0.2, 0.25) is 0 Å². The quantitative estimate of drug-likeness (QED) is 0.142. The molecule has 0 unspecified atom stereocenters. The fraction of sp³-hybridized carbons (Fsp3) is 0.591. The Hall–Kier alpha value is -1.84. The zero-order valence-corrected chi connectivity index (χ0v) is 21.0. The number of carbonyl (C=O) groups excluding carboxylic acids is 2. The molecule has 8 heteroatoms. The first-order valence-electron chi connectivity index (χ1n) is 10.4. The van der Waals surface area contributed by atoms with Gasteiger partial charge in [0.2, 0.25) is 0 Å². The number of unbranched alkanes of at least 4 members (excludes halogenated alkanes) is 3. The molecule has 0 heterocycles. The van der Waals surface area contributed by atoms with Crippen LogP contribution in [-0.2, 0) is 16.0 Å². The summed E-state index contributed by atoms with van der Waals surface area (Å²) >= 11 is 0. The normalized spacial score (nSPS) is 10.7. The van der Waals surface area contributed by atoms with E-state index in [0.29, 0.717) is 18.6 Å². The van der Waals surface area contributed by atoms with E-state index in [1.54, 1.807) is 26.0 Å². The maximum atomic E-state index is 12.1. The number of halogens is 1. The van der Waals surface area contributed by atoms with Gasteiger partial charge in [-0.2, -0.15) is 0 Å². The number of nitrogens with one attached hydrogen (secondary N) is 2. The SMILES string of the molecule is CCOC(=O)CCCCCCNC(=NC)NCCc1cccc(C(=O)N(C)C)c1.I. The molecular weight excluding hydrogens is 495 g/mol. The zero-order valence-electron chi connectivity index (χ0n) is 18.7. The lowest BCUT2D eigenvalue weighted by molar-refractivity contribution is -0.143. The highest BCUT2D eigenvalue weighted by Gasteiger charge is 2.08. The smallest absolute Gasteiger partial charge is 0.305 e. The molecule has 0 bridgehead atoms. The van der Waals surface area contributed by atoms with Gasteiger partial charge in [0.25, 0.3) is 5.91 Å². The Morgan fingerprint density at radius 2 is 1.77 bits per heavy atom. The van der Waals surface area contributed by atoms with Crippen molar-refractivity contribution in [3.05, 3.63) is 35.4 Å². The Labute approximate surface area is 198 Å². The summed E-state index contributed by atoms with van der Waals surface area (Å²) in [5.41, 5.74) is 1.82. The van der Waals surface area contributed by atoms with Gasteiger partial charge in [0.05, 0.1) is 6.61 Å². The van der Waals surface area contributed by atoms with Crippen molar-refractivity contribution in [2.24, 2.45) is 4.99 Å². The summed E-state index contributed by atoms with van der Waals surface area (Å²) in [5, 5.41) is 6.61. The molecule has 1 rings (SSSR count). The second-order valence-electron chi connectivity index (χ2n) is 7.04. The number of ether oxygens (including phenoxy) is 1. The van der Waals surface area contributed by atoms with Crippen molar-refractivity contribution >= 4 is 41.8 Å². The minimum absolute atomic E-state index is 0. The van der Waals surface area contributed by atoms with Crippen LogP contribution < -0.4 is 10.6 Å². The molecule has 30 heavy (non-hydrogen) atoms. The van der Waals surface area contributed by atoms with Crippen LogP contribution in [-0.4, -0.2) is 63.6 Å². The van der Waals surface area contributed by atoms with Gasteiger partial charge < -0.3 is 20.3 Å². The largest absolute Gasteiger partial charge is 0.466 e. The highest BCUT2D eigenvalue weighted by atomic mass is 127. The van der Waals surface area contributed by atoms with Gasteiger partial charge in [-0.1, -0.05) is 25.0 Å². The standard InChI is InChI=1S/C22H36N4O3.HI/c1-5-29-20(27)13-8-6-7-9-15-24-22(23-2)25-16-14-18-11-10-12-19(17-18)21(28)26(3)4;/h10-12,17H,5-9,13-16H2,1-4H3,(H2,23,24,25);1H. The van der Waals surface area contributed by atoms with E-state index < -0.39 is 0 Å². The van der Waals surface area contributed by atoms with Crippen molar-refractivity contribution in [3.8, 4) is 0 Å². The molecule has 0 aliphatic carbocycles. The van der Waals surface area contributed by atoms with E-state index in [-0.39, 0.29) is 35.9 Å². The first-order chi connectivity index (χ1) is 14.0. The third-order valence-electron chi connectivity index (χ3n) is 4.42. The zero-order chi connectivity index (χ0) is 21.5. The number of carbonyl (C=O) groups is 2. The van der Waals surface area contributed by atoms with E-state index in [9.17, 15) is 9.59 Å². The summed E-state index contributed by atoms with van der Waals surface area (Å²) in [4.78, 5) is 29.1. The average Bonchev–Trinajstić information content (AvgIpc) is 2.71. The van der Waals surface area contributed by atoms with Crippen LogP contribution >= 0.6 is 24.0 Å². The number of amides is 1. The fourth-order valence-corrected chi connectivity index (χ4v) is 2.85. The molecule has 0 saturated heterocycles. The van der Waals surface area contributed by atoms with E-state index >= 15 is 0 Å². The van der Waals surface area contributed by atoms with Gasteiger partial charge in [-0.15, -0.1) is 24.0 Å².